The number of aromatic nitrogens is 2. The standard InChI is InChI=1S/C13H19N5O3/c1-14-13(20)10-2-3-11(17-16-10)15-5-4-12(19)18-6-8-21-9-7-18/h2-3H,4-9H2,1H3,(H,14,20)(H,15,17). The largest absolute Gasteiger partial charge is 0.378 e. The lowest BCUT2D eigenvalue weighted by Crippen LogP contribution is -2.41. The third-order valence-corrected chi connectivity index (χ3v) is 3.13. The van der Waals surface area contributed by atoms with Crippen LogP contribution in [0.15, 0.2) is 12.1 Å². The molecule has 0 spiro atoms. The van der Waals surface area contributed by atoms with Crippen molar-refractivity contribution in [3.05, 3.63) is 17.8 Å². The van der Waals surface area contributed by atoms with E-state index in [0.29, 0.717) is 45.1 Å². The number of rotatable bonds is 5. The summed E-state index contributed by atoms with van der Waals surface area (Å²) in [5, 5.41) is 13.2. The maximum absolute atomic E-state index is 11.9. The molecule has 114 valence electrons. The van der Waals surface area contributed by atoms with E-state index in [9.17, 15) is 9.59 Å². The minimum Gasteiger partial charge on any atom is -0.378 e. The quantitative estimate of drug-likeness (QED) is 0.759. The highest BCUT2D eigenvalue weighted by Gasteiger charge is 2.16. The average Bonchev–Trinajstić information content (AvgIpc) is 2.55. The van der Waals surface area contributed by atoms with Crippen LogP contribution >= 0.6 is 0 Å². The molecule has 1 fully saturated rings. The van der Waals surface area contributed by atoms with Gasteiger partial charge in [-0.2, -0.15) is 0 Å². The average molecular weight is 293 g/mol. The predicted octanol–water partition coefficient (Wildman–Crippen LogP) is -0.503. The molecular formula is C13H19N5O3. The van der Waals surface area contributed by atoms with Crippen LogP contribution in [0, 0.1) is 0 Å². The Morgan fingerprint density at radius 2 is 2.05 bits per heavy atom. The molecule has 1 aromatic rings. The smallest absolute Gasteiger partial charge is 0.271 e. The van der Waals surface area contributed by atoms with Crippen molar-refractivity contribution >= 4 is 17.6 Å². The van der Waals surface area contributed by atoms with Gasteiger partial charge in [0.1, 0.15) is 5.82 Å². The van der Waals surface area contributed by atoms with E-state index in [1.807, 2.05) is 0 Å². The van der Waals surface area contributed by atoms with Gasteiger partial charge in [0, 0.05) is 33.1 Å². The molecule has 2 N–H and O–H groups in total. The summed E-state index contributed by atoms with van der Waals surface area (Å²) in [5.41, 5.74) is 0.257. The second-order valence-corrected chi connectivity index (χ2v) is 4.55. The second-order valence-electron chi connectivity index (χ2n) is 4.55. The fourth-order valence-corrected chi connectivity index (χ4v) is 1.94. The van der Waals surface area contributed by atoms with Crippen molar-refractivity contribution in [3.8, 4) is 0 Å². The van der Waals surface area contributed by atoms with Crippen LogP contribution in [-0.2, 0) is 9.53 Å². The van der Waals surface area contributed by atoms with E-state index in [-0.39, 0.29) is 17.5 Å². The number of carbonyl (C=O) groups excluding carboxylic acids is 2. The first kappa shape index (κ1) is 15.2. The lowest BCUT2D eigenvalue weighted by atomic mass is 10.3. The Morgan fingerprint density at radius 1 is 1.29 bits per heavy atom. The monoisotopic (exact) mass is 293 g/mol. The van der Waals surface area contributed by atoms with Gasteiger partial charge in [-0.1, -0.05) is 0 Å². The topological polar surface area (TPSA) is 96.5 Å². The Labute approximate surface area is 122 Å². The molecule has 0 saturated carbocycles. The summed E-state index contributed by atoms with van der Waals surface area (Å²) in [6.45, 7) is 2.99. The van der Waals surface area contributed by atoms with Crippen molar-refractivity contribution in [2.45, 2.75) is 6.42 Å². The van der Waals surface area contributed by atoms with Crippen molar-refractivity contribution < 1.29 is 14.3 Å². The fraction of sp³-hybridized carbons (Fsp3) is 0.538. The van der Waals surface area contributed by atoms with Gasteiger partial charge in [0.15, 0.2) is 5.69 Å². The zero-order valence-electron chi connectivity index (χ0n) is 12.0. The van der Waals surface area contributed by atoms with E-state index >= 15 is 0 Å². The molecule has 8 nitrogen and oxygen atoms in total. The first-order valence-corrected chi connectivity index (χ1v) is 6.86. The second kappa shape index (κ2) is 7.53. The number of hydrogen-bond donors (Lipinski definition) is 2. The van der Waals surface area contributed by atoms with Gasteiger partial charge in [-0.25, -0.2) is 0 Å². The van der Waals surface area contributed by atoms with Crippen LogP contribution in [0.2, 0.25) is 0 Å². The summed E-state index contributed by atoms with van der Waals surface area (Å²) in [6.07, 6.45) is 0.388. The number of amides is 2. The Morgan fingerprint density at radius 3 is 2.67 bits per heavy atom. The Kier molecular flexibility index (Phi) is 5.44. The molecule has 0 atom stereocenters. The van der Waals surface area contributed by atoms with Crippen LogP contribution in [0.25, 0.3) is 0 Å². The first-order chi connectivity index (χ1) is 10.2. The van der Waals surface area contributed by atoms with Crippen LogP contribution in [-0.4, -0.2) is 66.8 Å². The number of morpholine rings is 1. The molecule has 8 heteroatoms. The van der Waals surface area contributed by atoms with E-state index in [0.717, 1.165) is 0 Å². The van der Waals surface area contributed by atoms with Crippen LogP contribution < -0.4 is 10.6 Å². The van der Waals surface area contributed by atoms with Crippen molar-refractivity contribution in [1.29, 1.82) is 0 Å². The zero-order chi connectivity index (χ0) is 15.1. The molecule has 2 rings (SSSR count). The molecule has 1 saturated heterocycles. The molecule has 0 unspecified atom stereocenters. The van der Waals surface area contributed by atoms with Gasteiger partial charge in [-0.3, -0.25) is 9.59 Å². The normalized spacial score (nSPS) is 14.6. The molecule has 1 aliphatic rings. The lowest BCUT2D eigenvalue weighted by Gasteiger charge is -2.26. The summed E-state index contributed by atoms with van der Waals surface area (Å²) in [5.74, 6) is 0.356. The SMILES string of the molecule is CNC(=O)c1ccc(NCCC(=O)N2CCOCC2)nn1. The van der Waals surface area contributed by atoms with Gasteiger partial charge < -0.3 is 20.3 Å². The van der Waals surface area contributed by atoms with E-state index in [1.165, 1.54) is 7.05 Å². The van der Waals surface area contributed by atoms with Crippen LogP contribution in [0.5, 0.6) is 0 Å². The van der Waals surface area contributed by atoms with Crippen molar-refractivity contribution in [2.75, 3.05) is 45.2 Å². The van der Waals surface area contributed by atoms with E-state index < -0.39 is 0 Å². The summed E-state index contributed by atoms with van der Waals surface area (Å²) >= 11 is 0. The number of anilines is 1. The van der Waals surface area contributed by atoms with E-state index in [1.54, 1.807) is 17.0 Å². The highest BCUT2D eigenvalue weighted by Crippen LogP contribution is 2.04. The summed E-state index contributed by atoms with van der Waals surface area (Å²) < 4.78 is 5.20. The van der Waals surface area contributed by atoms with Gasteiger partial charge in [-0.15, -0.1) is 10.2 Å². The minimum atomic E-state index is -0.281. The van der Waals surface area contributed by atoms with Crippen molar-refractivity contribution in [1.82, 2.24) is 20.4 Å². The molecule has 2 heterocycles. The van der Waals surface area contributed by atoms with Gasteiger partial charge in [0.05, 0.1) is 13.2 Å². The maximum Gasteiger partial charge on any atom is 0.271 e. The highest BCUT2D eigenvalue weighted by atomic mass is 16.5. The number of carbonyl (C=O) groups is 2. The van der Waals surface area contributed by atoms with Crippen LogP contribution in [0.4, 0.5) is 5.82 Å². The van der Waals surface area contributed by atoms with E-state index in [4.69, 9.17) is 4.74 Å². The molecule has 2 amide bonds. The maximum atomic E-state index is 11.9. The van der Waals surface area contributed by atoms with Crippen molar-refractivity contribution in [3.63, 3.8) is 0 Å². The summed E-state index contributed by atoms with van der Waals surface area (Å²) in [7, 11) is 1.54. The molecule has 0 aromatic carbocycles. The van der Waals surface area contributed by atoms with Gasteiger partial charge in [-0.05, 0) is 12.1 Å². The fourth-order valence-electron chi connectivity index (χ4n) is 1.94. The highest BCUT2D eigenvalue weighted by molar-refractivity contribution is 5.91. The Hall–Kier alpha value is -2.22. The minimum absolute atomic E-state index is 0.0979. The Bertz CT molecular complexity index is 485. The van der Waals surface area contributed by atoms with Crippen molar-refractivity contribution in [2.24, 2.45) is 0 Å². The number of nitrogens with one attached hydrogen (secondary N) is 2. The molecular weight excluding hydrogens is 274 g/mol. The number of ether oxygens (including phenoxy) is 1. The third kappa shape index (κ3) is 4.38. The van der Waals surface area contributed by atoms with Gasteiger partial charge >= 0.3 is 0 Å². The molecule has 0 aliphatic carbocycles. The summed E-state index contributed by atoms with van der Waals surface area (Å²) in [4.78, 5) is 25.0. The first-order valence-electron chi connectivity index (χ1n) is 6.86. The number of hydrogen-bond acceptors (Lipinski definition) is 6. The van der Waals surface area contributed by atoms with Gasteiger partial charge in [0.25, 0.3) is 5.91 Å². The third-order valence-electron chi connectivity index (χ3n) is 3.13. The zero-order valence-corrected chi connectivity index (χ0v) is 12.0. The number of nitrogens with zero attached hydrogens (tertiary/aromatic N) is 3. The molecule has 0 radical (unpaired) electrons. The molecule has 21 heavy (non-hydrogen) atoms. The summed E-state index contributed by atoms with van der Waals surface area (Å²) in [6, 6.07) is 3.24. The predicted molar refractivity (Wildman–Crippen MR) is 75.9 cm³/mol. The van der Waals surface area contributed by atoms with Crippen LogP contribution in [0.3, 0.4) is 0 Å². The lowest BCUT2D eigenvalue weighted by molar-refractivity contribution is -0.134. The van der Waals surface area contributed by atoms with E-state index in [2.05, 4.69) is 20.8 Å². The molecule has 1 aromatic heterocycles. The molecule has 0 bridgehead atoms. The van der Waals surface area contributed by atoms with Gasteiger partial charge in [0.2, 0.25) is 5.91 Å². The Balaban J connectivity index is 1.75. The van der Waals surface area contributed by atoms with Crippen LogP contribution in [0.1, 0.15) is 16.9 Å². The molecule has 1 aliphatic heterocycles.